The maximum Gasteiger partial charge on any atom is 1.00 e. The fraction of sp³-hybridized carbons (Fsp3) is 0.239. The summed E-state index contributed by atoms with van der Waals surface area (Å²) in [5.74, 6) is -0.168. The molecule has 0 saturated heterocycles. The second-order valence-electron chi connectivity index (χ2n) is 14.7. The predicted octanol–water partition coefficient (Wildman–Crippen LogP) is -2.85. The van der Waals surface area contributed by atoms with Crippen LogP contribution in [0.4, 0.5) is 11.9 Å². The molecule has 0 unspecified atom stereocenters. The average Bonchev–Trinajstić information content (AvgIpc) is 3.34. The Morgan fingerprint density at radius 3 is 1.18 bits per heavy atom. The van der Waals surface area contributed by atoms with Crippen LogP contribution < -0.4 is 84.7 Å². The number of nitrogens with zero attached hydrogens (tertiary/aromatic N) is 8. The van der Waals surface area contributed by atoms with Crippen molar-refractivity contribution < 1.29 is 53.2 Å². The van der Waals surface area contributed by atoms with Gasteiger partial charge in [0.05, 0.1) is 71.7 Å². The zero-order chi connectivity index (χ0) is 50.0. The number of methoxy groups -OCH3 is 3. The van der Waals surface area contributed by atoms with E-state index >= 15 is 0 Å². The molecule has 0 amide bonds. The molecule has 0 bridgehead atoms. The van der Waals surface area contributed by atoms with Crippen molar-refractivity contribution in [3.05, 3.63) is 180 Å². The molecule has 0 spiro atoms. The number of carboxylic acid groups (broad SMARTS) is 1. The zero-order valence-corrected chi connectivity index (χ0v) is 40.4. The van der Waals surface area contributed by atoms with Crippen molar-refractivity contribution in [2.45, 2.75) is 26.2 Å². The molecule has 72 heavy (non-hydrogen) atoms. The molecule has 0 atom stereocenters. The van der Waals surface area contributed by atoms with E-state index in [1.54, 1.807) is 87.0 Å². The molecule has 25 nitrogen and oxygen atoms in total. The summed E-state index contributed by atoms with van der Waals surface area (Å²) < 4.78 is 19.8. The molecule has 0 aliphatic heterocycles. The standard InChI is InChI=1S/C23H27N7O5.C22H25N7O5.CH3.Li.H2O/c1-34-18-9-5-16(6-10-18)13-29-21(27-12-11-26-20(24)25)28-22(32)30(23(29)33)14-15-3-7-17(8-4-15)19(31)35-2;1-34-17-8-4-15(5-9-17)12-28-20(26-11-10-25-19(23)24)27-21(32)29(22(28)33)13-14-2-6-16(7-3-14)18(30)31;;;/h3-10H,11-14H2,1-2H3,(H4,24,25,26)(H,27,28,32);2-9H,10-13H2,1H3,(H,30,31)(H4,23,24,25)(H,26,27,32);1H3;;1H2/q;;-1;+1;/p-1. The Labute approximate surface area is 424 Å². The Kier molecular flexibility index (Phi) is 23.7. The van der Waals surface area contributed by atoms with Gasteiger partial charge < -0.3 is 65.8 Å². The van der Waals surface area contributed by atoms with Crippen LogP contribution in [-0.4, -0.2) is 110 Å². The van der Waals surface area contributed by atoms with Gasteiger partial charge in [-0.05, 0) is 70.8 Å². The first-order valence-corrected chi connectivity index (χ1v) is 20.9. The first-order chi connectivity index (χ1) is 33.1. The van der Waals surface area contributed by atoms with Gasteiger partial charge in [0.25, 0.3) is 0 Å². The smallest absolute Gasteiger partial charge is 0.870 e. The SMILES string of the molecule is COC(=O)c1ccc(Cn2c(=O)nc(NCCN=C(N)N)n(Cc3ccc(OC)cc3)c2=O)cc1.COc1ccc(Cn2c(NCCN=C(N)N)nc(=O)n(Cc3ccc(C(=O)O)cc3)c2=O)cc1.[CH3-].[Li+].[OH-]. The van der Waals surface area contributed by atoms with E-state index in [1.165, 1.54) is 28.4 Å². The number of nitrogens with two attached hydrogens (primary N) is 4. The van der Waals surface area contributed by atoms with Crippen molar-refractivity contribution in [2.75, 3.05) is 58.1 Å². The molecule has 0 aliphatic rings. The van der Waals surface area contributed by atoms with Crippen LogP contribution in [-0.2, 0) is 30.9 Å². The van der Waals surface area contributed by atoms with Gasteiger partial charge in [-0.1, -0.05) is 48.5 Å². The first kappa shape index (κ1) is 59.5. The Morgan fingerprint density at radius 1 is 0.556 bits per heavy atom. The molecule has 0 radical (unpaired) electrons. The van der Waals surface area contributed by atoms with Gasteiger partial charge in [-0.15, -0.1) is 0 Å². The van der Waals surface area contributed by atoms with Crippen molar-refractivity contribution in [3.8, 4) is 11.5 Å². The van der Waals surface area contributed by atoms with E-state index in [4.69, 9.17) is 42.3 Å². The fourth-order valence-corrected chi connectivity index (χ4v) is 6.40. The molecular weight excluding hydrogens is 932 g/mol. The third-order valence-corrected chi connectivity index (χ3v) is 9.94. The number of rotatable bonds is 20. The number of carbonyl (C=O) groups is 2. The number of aromatic nitrogens is 6. The minimum atomic E-state index is -1.07. The Hall–Kier alpha value is -8.66. The minimum Gasteiger partial charge on any atom is -0.870 e. The molecule has 0 aliphatic carbocycles. The monoisotopic (exact) mass is 987 g/mol. The summed E-state index contributed by atoms with van der Waals surface area (Å²) in [7, 11) is 4.41. The summed E-state index contributed by atoms with van der Waals surface area (Å²) in [4.78, 5) is 90.8. The van der Waals surface area contributed by atoms with Gasteiger partial charge in [0.1, 0.15) is 11.5 Å². The van der Waals surface area contributed by atoms with Crippen LogP contribution in [0.5, 0.6) is 11.5 Å². The van der Waals surface area contributed by atoms with E-state index in [1.807, 2.05) is 12.1 Å². The Morgan fingerprint density at radius 2 is 0.875 bits per heavy atom. The van der Waals surface area contributed by atoms with E-state index in [0.717, 1.165) is 20.3 Å². The average molecular weight is 988 g/mol. The molecule has 12 N–H and O–H groups in total. The van der Waals surface area contributed by atoms with Gasteiger partial charge in [-0.2, -0.15) is 9.97 Å². The fourth-order valence-electron chi connectivity index (χ4n) is 6.40. The summed E-state index contributed by atoms with van der Waals surface area (Å²) in [6, 6.07) is 26.6. The van der Waals surface area contributed by atoms with Gasteiger partial charge in [0.2, 0.25) is 11.9 Å². The Bertz CT molecular complexity index is 3020. The maximum absolute atomic E-state index is 13.4. The van der Waals surface area contributed by atoms with E-state index in [-0.39, 0.29) is 114 Å². The number of guanidine groups is 2. The van der Waals surface area contributed by atoms with E-state index in [2.05, 4.69) is 30.6 Å². The quantitative estimate of drug-likeness (QED) is 0.0101. The van der Waals surface area contributed by atoms with E-state index in [9.17, 15) is 28.8 Å². The van der Waals surface area contributed by atoms with Crippen molar-refractivity contribution in [3.63, 3.8) is 0 Å². The third kappa shape index (κ3) is 16.8. The second-order valence-corrected chi connectivity index (χ2v) is 14.7. The van der Waals surface area contributed by atoms with Crippen LogP contribution in [0.3, 0.4) is 0 Å². The minimum absolute atomic E-state index is 0. The Balaban J connectivity index is 0.000000474. The number of aromatic carboxylic acids is 1. The molecular formula is C46H56LiN14O11-. The molecule has 0 fully saturated rings. The van der Waals surface area contributed by atoms with Crippen molar-refractivity contribution >= 4 is 35.8 Å². The first-order valence-electron chi connectivity index (χ1n) is 20.9. The van der Waals surface area contributed by atoms with Crippen molar-refractivity contribution in [1.82, 2.24) is 28.2 Å². The number of hydrogen-bond donors (Lipinski definition) is 7. The molecule has 4 aromatic carbocycles. The number of aliphatic imine (C=N–C) groups is 2. The van der Waals surface area contributed by atoms with Crippen LogP contribution in [0.25, 0.3) is 0 Å². The number of carbonyl (C=O) groups excluding carboxylic acids is 1. The number of anilines is 2. The van der Waals surface area contributed by atoms with Crippen molar-refractivity contribution in [1.29, 1.82) is 0 Å². The summed E-state index contributed by atoms with van der Waals surface area (Å²) in [6.45, 7) is 1.15. The van der Waals surface area contributed by atoms with Gasteiger partial charge in [0.15, 0.2) is 11.9 Å². The van der Waals surface area contributed by atoms with Crippen molar-refractivity contribution in [2.24, 2.45) is 32.9 Å². The van der Waals surface area contributed by atoms with Crippen LogP contribution in [0.2, 0.25) is 0 Å². The largest absolute Gasteiger partial charge is 1.00 e. The summed E-state index contributed by atoms with van der Waals surface area (Å²) in [5, 5.41) is 14.9. The van der Waals surface area contributed by atoms with Gasteiger partial charge >= 0.3 is 53.6 Å². The molecule has 2 heterocycles. The van der Waals surface area contributed by atoms with Crippen LogP contribution >= 0.6 is 0 Å². The molecule has 6 aromatic rings. The predicted molar refractivity (Wildman–Crippen MR) is 266 cm³/mol. The van der Waals surface area contributed by atoms with E-state index < -0.39 is 34.7 Å². The number of nitrogens with one attached hydrogen (secondary N) is 2. The van der Waals surface area contributed by atoms with Crippen LogP contribution in [0.1, 0.15) is 43.0 Å². The normalized spacial score (nSPS) is 10.0. The van der Waals surface area contributed by atoms with Gasteiger partial charge in [-0.3, -0.25) is 19.1 Å². The van der Waals surface area contributed by atoms with Crippen LogP contribution in [0, 0.1) is 7.43 Å². The summed E-state index contributed by atoms with van der Waals surface area (Å²) >= 11 is 0. The third-order valence-electron chi connectivity index (χ3n) is 9.94. The van der Waals surface area contributed by atoms with E-state index in [0.29, 0.717) is 28.2 Å². The summed E-state index contributed by atoms with van der Waals surface area (Å²) in [6.07, 6.45) is 0. The molecule has 6 rings (SSSR count). The number of ether oxygens (including phenoxy) is 3. The van der Waals surface area contributed by atoms with Gasteiger partial charge in [-0.25, -0.2) is 37.9 Å². The molecule has 0 saturated carbocycles. The number of carboxylic acids is 1. The molecule has 26 heteroatoms. The second kappa shape index (κ2) is 28.7. The molecule has 2 aromatic heterocycles. The van der Waals surface area contributed by atoms with Crippen LogP contribution in [0.15, 0.2) is 126 Å². The molecule has 378 valence electrons. The van der Waals surface area contributed by atoms with Gasteiger partial charge in [0, 0.05) is 13.1 Å². The zero-order valence-electron chi connectivity index (χ0n) is 40.4. The maximum atomic E-state index is 13.4. The number of benzene rings is 4. The number of hydrogen-bond acceptors (Lipinski definition) is 16. The topological polar surface area (TPSA) is 379 Å². The number of esters is 1. The summed E-state index contributed by atoms with van der Waals surface area (Å²) in [5.41, 5.74) is 22.0.